The van der Waals surface area contributed by atoms with Gasteiger partial charge in [0.2, 0.25) is 0 Å². The van der Waals surface area contributed by atoms with Crippen molar-refractivity contribution in [1.82, 2.24) is 14.9 Å². The number of aliphatic hydroxyl groups excluding tert-OH is 1. The van der Waals surface area contributed by atoms with Crippen molar-refractivity contribution >= 4 is 0 Å². The Bertz CT molecular complexity index is 588. The Balaban J connectivity index is 1.83. The van der Waals surface area contributed by atoms with Gasteiger partial charge in [0.1, 0.15) is 0 Å². The third-order valence-electron chi connectivity index (χ3n) is 3.64. The molecule has 1 aliphatic rings. The third-order valence-corrected chi connectivity index (χ3v) is 3.64. The van der Waals surface area contributed by atoms with E-state index in [0.29, 0.717) is 25.1 Å². The van der Waals surface area contributed by atoms with Gasteiger partial charge in [0.05, 0.1) is 12.4 Å². The van der Waals surface area contributed by atoms with Gasteiger partial charge in [-0.3, -0.25) is 4.90 Å². The van der Waals surface area contributed by atoms with Gasteiger partial charge in [-0.15, -0.1) is 0 Å². The number of nitrogens with one attached hydrogen (secondary N) is 1. The van der Waals surface area contributed by atoms with Gasteiger partial charge in [-0.1, -0.05) is 6.07 Å². The van der Waals surface area contributed by atoms with Crippen molar-refractivity contribution in [2.24, 2.45) is 0 Å². The molecule has 1 aromatic heterocycles. The van der Waals surface area contributed by atoms with Crippen LogP contribution in [0.15, 0.2) is 30.7 Å². The molecule has 1 fully saturated rings. The lowest BCUT2D eigenvalue weighted by Gasteiger charge is -2.23. The number of β-amino-alcohol motifs (C(OH)–C–C–N with tert-alkyl or cyclic N) is 1. The van der Waals surface area contributed by atoms with E-state index in [2.05, 4.69) is 9.97 Å². The van der Waals surface area contributed by atoms with E-state index < -0.39 is 17.7 Å². The molecule has 2 N–H and O–H groups in total. The second-order valence-electron chi connectivity index (χ2n) is 5.09. The van der Waals surface area contributed by atoms with Crippen LogP contribution in [0.4, 0.5) is 8.78 Å². The lowest BCUT2D eigenvalue weighted by Crippen LogP contribution is -2.24. The second-order valence-corrected chi connectivity index (χ2v) is 5.09. The molecule has 106 valence electrons. The predicted octanol–water partition coefficient (Wildman–Crippen LogP) is 2.00. The van der Waals surface area contributed by atoms with Crippen LogP contribution in [0.2, 0.25) is 0 Å². The van der Waals surface area contributed by atoms with Crippen molar-refractivity contribution < 1.29 is 13.9 Å². The zero-order valence-electron chi connectivity index (χ0n) is 10.8. The van der Waals surface area contributed by atoms with Crippen LogP contribution >= 0.6 is 0 Å². The van der Waals surface area contributed by atoms with Crippen LogP contribution in [0.25, 0.3) is 0 Å². The molecule has 2 atom stereocenters. The van der Waals surface area contributed by atoms with Crippen molar-refractivity contribution in [2.75, 3.05) is 6.54 Å². The van der Waals surface area contributed by atoms with Crippen molar-refractivity contribution in [2.45, 2.75) is 25.1 Å². The molecule has 0 radical (unpaired) electrons. The summed E-state index contributed by atoms with van der Waals surface area (Å²) in [6.45, 7) is 1.09. The van der Waals surface area contributed by atoms with E-state index in [1.54, 1.807) is 18.6 Å². The van der Waals surface area contributed by atoms with Gasteiger partial charge in [0.25, 0.3) is 0 Å². The minimum absolute atomic E-state index is 0.122. The summed E-state index contributed by atoms with van der Waals surface area (Å²) in [4.78, 5) is 8.99. The first kappa shape index (κ1) is 13.2. The summed E-state index contributed by atoms with van der Waals surface area (Å²) >= 11 is 0. The maximum Gasteiger partial charge on any atom is 0.159 e. The number of halogens is 2. The number of rotatable bonds is 3. The molecule has 2 heterocycles. The monoisotopic (exact) mass is 279 g/mol. The number of imidazole rings is 1. The Morgan fingerprint density at radius 1 is 1.35 bits per heavy atom. The Labute approximate surface area is 115 Å². The average Bonchev–Trinajstić information content (AvgIpc) is 3.03. The van der Waals surface area contributed by atoms with Gasteiger partial charge in [-0.2, -0.15) is 0 Å². The highest BCUT2D eigenvalue weighted by molar-refractivity contribution is 5.23. The molecule has 0 unspecified atom stereocenters. The van der Waals surface area contributed by atoms with E-state index in [-0.39, 0.29) is 6.04 Å². The summed E-state index contributed by atoms with van der Waals surface area (Å²) in [6, 6.07) is 3.78. The molecule has 0 bridgehead atoms. The number of hydrogen-bond donors (Lipinski definition) is 2. The van der Waals surface area contributed by atoms with Crippen molar-refractivity contribution in [3.05, 3.63) is 53.6 Å². The lowest BCUT2D eigenvalue weighted by molar-refractivity contribution is 0.172. The van der Waals surface area contributed by atoms with Crippen LogP contribution in [-0.4, -0.2) is 32.6 Å². The van der Waals surface area contributed by atoms with Crippen molar-refractivity contribution in [1.29, 1.82) is 0 Å². The zero-order valence-corrected chi connectivity index (χ0v) is 10.8. The van der Waals surface area contributed by atoms with E-state index >= 15 is 0 Å². The Morgan fingerprint density at radius 3 is 2.90 bits per heavy atom. The maximum absolute atomic E-state index is 13.4. The highest BCUT2D eigenvalue weighted by Crippen LogP contribution is 2.33. The average molecular weight is 279 g/mol. The zero-order chi connectivity index (χ0) is 14.1. The van der Waals surface area contributed by atoms with Gasteiger partial charge < -0.3 is 10.1 Å². The number of benzene rings is 1. The van der Waals surface area contributed by atoms with E-state index in [9.17, 15) is 13.9 Å². The molecule has 6 heteroatoms. The van der Waals surface area contributed by atoms with E-state index in [1.165, 1.54) is 6.07 Å². The molecule has 20 heavy (non-hydrogen) atoms. The number of H-pyrrole nitrogens is 1. The van der Waals surface area contributed by atoms with E-state index in [4.69, 9.17) is 0 Å². The molecule has 0 saturated carbocycles. The van der Waals surface area contributed by atoms with Crippen LogP contribution < -0.4 is 0 Å². The highest BCUT2D eigenvalue weighted by Gasteiger charge is 2.32. The first-order valence-electron chi connectivity index (χ1n) is 6.48. The molecule has 0 aliphatic carbocycles. The summed E-state index contributed by atoms with van der Waals surface area (Å²) in [5.41, 5.74) is 1.60. The summed E-state index contributed by atoms with van der Waals surface area (Å²) in [6.07, 6.45) is 3.36. The van der Waals surface area contributed by atoms with Gasteiger partial charge in [-0.25, -0.2) is 13.8 Å². The number of nitrogens with zero attached hydrogens (tertiary/aromatic N) is 2. The lowest BCUT2D eigenvalue weighted by atomic mass is 10.0. The van der Waals surface area contributed by atoms with Crippen LogP contribution in [-0.2, 0) is 6.54 Å². The first-order chi connectivity index (χ1) is 9.63. The summed E-state index contributed by atoms with van der Waals surface area (Å²) in [7, 11) is 0. The number of aromatic nitrogens is 2. The fourth-order valence-corrected chi connectivity index (χ4v) is 2.71. The summed E-state index contributed by atoms with van der Waals surface area (Å²) in [5, 5.41) is 9.85. The molecule has 0 spiro atoms. The topological polar surface area (TPSA) is 52.1 Å². The maximum atomic E-state index is 13.4. The molecular weight excluding hydrogens is 264 g/mol. The number of likely N-dealkylation sites (tertiary alicyclic amines) is 1. The number of hydrogen-bond acceptors (Lipinski definition) is 3. The van der Waals surface area contributed by atoms with Crippen LogP contribution in [0.1, 0.15) is 23.7 Å². The summed E-state index contributed by atoms with van der Waals surface area (Å²) < 4.78 is 26.4. The smallest absolute Gasteiger partial charge is 0.159 e. The number of aliphatic hydroxyl groups is 1. The first-order valence-corrected chi connectivity index (χ1v) is 6.48. The SMILES string of the molecule is O[C@H]1C[C@H](c2ccc(F)c(F)c2)N(Cc2cnc[nH]2)C1. The van der Waals surface area contributed by atoms with Crippen LogP contribution in [0, 0.1) is 11.6 Å². The molecule has 2 aromatic rings. The third kappa shape index (κ3) is 2.57. The van der Waals surface area contributed by atoms with Gasteiger partial charge in [-0.05, 0) is 24.1 Å². The van der Waals surface area contributed by atoms with Crippen molar-refractivity contribution in [3.63, 3.8) is 0 Å². The molecule has 3 rings (SSSR count). The quantitative estimate of drug-likeness (QED) is 0.903. The summed E-state index contributed by atoms with van der Waals surface area (Å²) in [5.74, 6) is -1.71. The van der Waals surface area contributed by atoms with Gasteiger partial charge >= 0.3 is 0 Å². The number of aromatic amines is 1. The van der Waals surface area contributed by atoms with Gasteiger partial charge in [0.15, 0.2) is 11.6 Å². The van der Waals surface area contributed by atoms with Crippen molar-refractivity contribution in [3.8, 4) is 0 Å². The minimum Gasteiger partial charge on any atom is -0.392 e. The Kier molecular flexibility index (Phi) is 3.50. The largest absolute Gasteiger partial charge is 0.392 e. The predicted molar refractivity (Wildman–Crippen MR) is 68.7 cm³/mol. The standard InChI is InChI=1S/C14H15F2N3O/c15-12-2-1-9(3-13(12)16)14-4-11(20)7-19(14)6-10-5-17-8-18-10/h1-3,5,8,11,14,20H,4,6-7H2,(H,17,18)/t11-,14+/m0/s1. The Morgan fingerprint density at radius 2 is 2.20 bits per heavy atom. The van der Waals surface area contributed by atoms with E-state index in [1.807, 2.05) is 4.90 Å². The Hall–Kier alpha value is -1.79. The highest BCUT2D eigenvalue weighted by atomic mass is 19.2. The minimum atomic E-state index is -0.856. The van der Waals surface area contributed by atoms with Crippen LogP contribution in [0.5, 0.6) is 0 Å². The molecule has 4 nitrogen and oxygen atoms in total. The molecule has 1 aliphatic heterocycles. The molecule has 1 aromatic carbocycles. The molecular formula is C14H15F2N3O. The normalized spacial score (nSPS) is 23.4. The van der Waals surface area contributed by atoms with Gasteiger partial charge in [0, 0.05) is 31.0 Å². The molecule has 1 saturated heterocycles. The fourth-order valence-electron chi connectivity index (χ4n) is 2.71. The van der Waals surface area contributed by atoms with E-state index in [0.717, 1.165) is 11.8 Å². The molecule has 0 amide bonds. The fraction of sp³-hybridized carbons (Fsp3) is 0.357. The van der Waals surface area contributed by atoms with Crippen LogP contribution in [0.3, 0.4) is 0 Å². The second kappa shape index (κ2) is 5.30.